The van der Waals surface area contributed by atoms with Gasteiger partial charge in [0, 0.05) is 0 Å². The summed E-state index contributed by atoms with van der Waals surface area (Å²) in [6, 6.07) is 0. The molecule has 1 saturated carbocycles. The fourth-order valence-electron chi connectivity index (χ4n) is 5.82. The molecule has 0 aromatic heterocycles. The fourth-order valence-corrected chi connectivity index (χ4v) is 5.82. The number of hydrogen-bond donors (Lipinski definition) is 0. The predicted molar refractivity (Wildman–Crippen MR) is 108 cm³/mol. The Kier molecular flexibility index (Phi) is 15.0. The Morgan fingerprint density at radius 3 is 2.32 bits per heavy atom. The van der Waals surface area contributed by atoms with Crippen LogP contribution in [0.1, 0.15) is 66.2 Å². The van der Waals surface area contributed by atoms with Gasteiger partial charge >= 0.3 is 26.4 Å². The van der Waals surface area contributed by atoms with Crippen LogP contribution in [0.3, 0.4) is 0 Å². The maximum absolute atomic E-state index is 12.5. The largest absolute Gasteiger partial charge is 2.00 e. The molecule has 0 aliphatic heterocycles. The van der Waals surface area contributed by atoms with Crippen molar-refractivity contribution < 1.29 is 54.8 Å². The first-order chi connectivity index (χ1) is 10.8. The summed E-state index contributed by atoms with van der Waals surface area (Å²) < 4.78 is 5.20. The molecule has 0 aromatic carbocycles. The molecular weight excluding hydrogens is 532 g/mol. The van der Waals surface area contributed by atoms with E-state index in [2.05, 4.69) is 39.8 Å². The van der Waals surface area contributed by atoms with Gasteiger partial charge in [-0.05, 0) is 67.8 Å². The van der Waals surface area contributed by atoms with Crippen molar-refractivity contribution in [3.63, 3.8) is 0 Å². The number of rotatable bonds is 2. The van der Waals surface area contributed by atoms with Gasteiger partial charge in [-0.3, -0.25) is 4.79 Å². The van der Waals surface area contributed by atoms with Gasteiger partial charge in [0.25, 0.3) is 0 Å². The number of carbonyl (C=O) groups is 1. The van der Waals surface area contributed by atoms with E-state index in [1.54, 1.807) is 18.3 Å². The van der Waals surface area contributed by atoms with Gasteiger partial charge in [-0.25, -0.2) is 0 Å². The van der Waals surface area contributed by atoms with Crippen molar-refractivity contribution in [3.05, 3.63) is 23.3 Å². The third kappa shape index (κ3) is 5.52. The predicted octanol–water partition coefficient (Wildman–Crippen LogP) is 0.144. The number of hydrogen-bond acceptors (Lipinski definition) is 2. The van der Waals surface area contributed by atoms with Gasteiger partial charge in [-0.15, -0.1) is 24.8 Å². The molecule has 7 heteroatoms. The molecule has 3 aliphatic rings. The van der Waals surface area contributed by atoms with Crippen molar-refractivity contribution in [2.45, 2.75) is 66.2 Å². The van der Waals surface area contributed by atoms with E-state index < -0.39 is 0 Å². The molecule has 168 valence electrons. The maximum Gasteiger partial charge on any atom is 2.00 e. The molecule has 1 fully saturated rings. The zero-order valence-electron chi connectivity index (χ0n) is 17.3. The Labute approximate surface area is 209 Å². The minimum absolute atomic E-state index is 0. The van der Waals surface area contributed by atoms with E-state index in [4.69, 9.17) is 4.74 Å². The van der Waals surface area contributed by atoms with E-state index in [1.165, 1.54) is 19.3 Å². The van der Waals surface area contributed by atoms with E-state index in [0.717, 1.165) is 19.3 Å². The number of ether oxygens (including phenoxy) is 1. The number of carbonyl (C=O) groups excluding carboxylic acids is 1. The summed E-state index contributed by atoms with van der Waals surface area (Å²) >= 11 is 0. The SMILES string of the molecule is COC(=O)[C@]1(C)CCC[C@@]2(C)[C@H]1CC=C1C=C(C(C)C)CC[C@@H]12.Cl.Cl.[Cl-].[Cl-].[Pd+2]. The van der Waals surface area contributed by atoms with Gasteiger partial charge < -0.3 is 29.6 Å². The van der Waals surface area contributed by atoms with Gasteiger partial charge in [-0.2, -0.15) is 0 Å². The molecule has 0 N–H and O–H groups in total. The number of esters is 1. The molecule has 4 atom stereocenters. The van der Waals surface area contributed by atoms with Gasteiger partial charge in [0.2, 0.25) is 0 Å². The Morgan fingerprint density at radius 1 is 1.18 bits per heavy atom. The minimum Gasteiger partial charge on any atom is -1.00 e. The number of fused-ring (bicyclic) bond motifs is 3. The van der Waals surface area contributed by atoms with E-state index in [-0.39, 0.29) is 86.9 Å². The number of allylic oxidation sites excluding steroid dienone is 4. The molecule has 0 heterocycles. The van der Waals surface area contributed by atoms with Crippen LogP contribution >= 0.6 is 24.8 Å². The fraction of sp³-hybridized carbons (Fsp3) is 0.762. The van der Waals surface area contributed by atoms with E-state index in [9.17, 15) is 4.79 Å². The van der Waals surface area contributed by atoms with Crippen molar-refractivity contribution in [3.8, 4) is 0 Å². The second kappa shape index (κ2) is 12.6. The molecule has 28 heavy (non-hydrogen) atoms. The summed E-state index contributed by atoms with van der Waals surface area (Å²) in [6.07, 6.45) is 11.8. The van der Waals surface area contributed by atoms with Crippen LogP contribution in [0.15, 0.2) is 23.3 Å². The molecule has 0 amide bonds. The Morgan fingerprint density at radius 2 is 1.79 bits per heavy atom. The molecule has 0 radical (unpaired) electrons. The van der Waals surface area contributed by atoms with Crippen LogP contribution in [-0.4, -0.2) is 13.1 Å². The number of halogens is 4. The maximum atomic E-state index is 12.5. The van der Waals surface area contributed by atoms with Gasteiger partial charge in [0.15, 0.2) is 0 Å². The first kappa shape index (κ1) is 33.4. The van der Waals surface area contributed by atoms with Crippen LogP contribution in [0, 0.1) is 28.6 Å². The second-order valence-corrected chi connectivity index (χ2v) is 8.73. The Hall–Kier alpha value is 0.772. The zero-order chi connectivity index (χ0) is 16.8. The zero-order valence-corrected chi connectivity index (χ0v) is 22.0. The summed E-state index contributed by atoms with van der Waals surface area (Å²) in [5.74, 6) is 1.68. The Bertz CT molecular complexity index is 579. The normalized spacial score (nSPS) is 32.8. The minimum atomic E-state index is -0.314. The Balaban J connectivity index is -0.00000125. The third-order valence-corrected chi connectivity index (χ3v) is 7.23. The van der Waals surface area contributed by atoms with Crippen LogP contribution in [0.25, 0.3) is 0 Å². The van der Waals surface area contributed by atoms with Crippen molar-refractivity contribution in [1.29, 1.82) is 0 Å². The summed E-state index contributed by atoms with van der Waals surface area (Å²) in [5.41, 5.74) is 3.07. The van der Waals surface area contributed by atoms with Crippen molar-refractivity contribution in [1.82, 2.24) is 0 Å². The molecule has 0 saturated heterocycles. The van der Waals surface area contributed by atoms with E-state index >= 15 is 0 Å². The molecule has 2 nitrogen and oxygen atoms in total. The average Bonchev–Trinajstić information content (AvgIpc) is 2.53. The van der Waals surface area contributed by atoms with E-state index in [0.29, 0.717) is 17.8 Å². The van der Waals surface area contributed by atoms with Crippen LogP contribution in [0.2, 0.25) is 0 Å². The van der Waals surface area contributed by atoms with Crippen LogP contribution < -0.4 is 24.8 Å². The molecular formula is C21H34Cl4O2Pd. The smallest absolute Gasteiger partial charge is 1.00 e. The molecule has 3 aliphatic carbocycles. The third-order valence-electron chi connectivity index (χ3n) is 7.23. The molecule has 0 aromatic rings. The summed E-state index contributed by atoms with van der Waals surface area (Å²) in [4.78, 5) is 12.5. The monoisotopic (exact) mass is 564 g/mol. The van der Waals surface area contributed by atoms with Gasteiger partial charge in [-0.1, -0.05) is 44.9 Å². The van der Waals surface area contributed by atoms with Gasteiger partial charge in [0.1, 0.15) is 0 Å². The first-order valence-corrected chi connectivity index (χ1v) is 9.32. The van der Waals surface area contributed by atoms with Crippen LogP contribution in [0.5, 0.6) is 0 Å². The second-order valence-electron chi connectivity index (χ2n) is 8.73. The standard InChI is InChI=1S/C21H32O2.4ClH.Pd/c1-14(2)15-7-9-17-16(13-15)8-10-18-20(17,3)11-6-12-21(18,4)19(22)23-5;;;;;/h8,13-14,17-18H,6-7,9-12H2,1-5H3;4*1H;/q;;;;;+2/p-2/t17-,18+,20+,21+;;;;;/m0...../s1. The molecule has 0 bridgehead atoms. The summed E-state index contributed by atoms with van der Waals surface area (Å²) in [5, 5.41) is 0. The van der Waals surface area contributed by atoms with Crippen LogP contribution in [0.4, 0.5) is 0 Å². The van der Waals surface area contributed by atoms with Crippen molar-refractivity contribution in [2.24, 2.45) is 28.6 Å². The molecule has 0 unspecified atom stereocenters. The summed E-state index contributed by atoms with van der Waals surface area (Å²) in [6.45, 7) is 9.20. The van der Waals surface area contributed by atoms with Crippen molar-refractivity contribution in [2.75, 3.05) is 7.11 Å². The topological polar surface area (TPSA) is 26.3 Å². The quantitative estimate of drug-likeness (QED) is 0.352. The average molecular weight is 567 g/mol. The summed E-state index contributed by atoms with van der Waals surface area (Å²) in [7, 11) is 1.54. The molecule has 0 spiro atoms. The van der Waals surface area contributed by atoms with Crippen LogP contribution in [-0.2, 0) is 30.0 Å². The van der Waals surface area contributed by atoms with E-state index in [1.807, 2.05) is 0 Å². The van der Waals surface area contributed by atoms with Crippen molar-refractivity contribution >= 4 is 30.8 Å². The first-order valence-electron chi connectivity index (χ1n) is 9.32. The number of methoxy groups -OCH3 is 1. The van der Waals surface area contributed by atoms with Gasteiger partial charge in [0.05, 0.1) is 12.5 Å². The molecule has 3 rings (SSSR count).